The van der Waals surface area contributed by atoms with Gasteiger partial charge in [0, 0.05) is 44.9 Å². The lowest BCUT2D eigenvalue weighted by atomic mass is 10.2. The lowest BCUT2D eigenvalue weighted by Crippen LogP contribution is -2.25. The molecule has 2 N–H and O–H groups in total. The van der Waals surface area contributed by atoms with Gasteiger partial charge in [-0.3, -0.25) is 4.79 Å². The first kappa shape index (κ1) is 21.9. The molecule has 0 saturated heterocycles. The third kappa shape index (κ3) is 5.28. The van der Waals surface area contributed by atoms with Crippen LogP contribution in [-0.2, 0) is 11.3 Å². The first-order chi connectivity index (χ1) is 15.5. The molecule has 5 nitrogen and oxygen atoms in total. The van der Waals surface area contributed by atoms with Crippen molar-refractivity contribution >= 4 is 51.9 Å². The zero-order valence-electron chi connectivity index (χ0n) is 16.9. The average molecular weight is 469 g/mol. The van der Waals surface area contributed by atoms with E-state index in [4.69, 9.17) is 23.2 Å². The summed E-state index contributed by atoms with van der Waals surface area (Å²) in [7, 11) is 0. The van der Waals surface area contributed by atoms with E-state index in [0.717, 1.165) is 22.0 Å². The van der Waals surface area contributed by atoms with Crippen LogP contribution in [0.15, 0.2) is 78.0 Å². The number of fused-ring (bicyclic) bond motifs is 1. The van der Waals surface area contributed by atoms with Gasteiger partial charge in [0.1, 0.15) is 5.82 Å². The van der Waals surface area contributed by atoms with E-state index < -0.39 is 0 Å². The summed E-state index contributed by atoms with van der Waals surface area (Å²) in [5.74, 6) is -0.649. The lowest BCUT2D eigenvalue weighted by molar-refractivity contribution is -0.119. The summed E-state index contributed by atoms with van der Waals surface area (Å²) in [5.41, 5.74) is 5.97. The topological polar surface area (TPSA) is 58.4 Å². The molecule has 0 fully saturated rings. The quantitative estimate of drug-likeness (QED) is 0.270. The number of rotatable bonds is 7. The van der Waals surface area contributed by atoms with Crippen LogP contribution in [0, 0.1) is 5.82 Å². The SMILES string of the molecule is O=C(CNc1ccc(F)cc1)N/N=C\c1cn(Cc2ccc(Cl)cc2Cl)c2ccccc12. The number of aromatic nitrogens is 1. The van der Waals surface area contributed by atoms with Gasteiger partial charge in [-0.15, -0.1) is 0 Å². The maximum atomic E-state index is 12.9. The molecule has 8 heteroatoms. The number of nitrogens with one attached hydrogen (secondary N) is 2. The summed E-state index contributed by atoms with van der Waals surface area (Å²) < 4.78 is 15.0. The minimum atomic E-state index is -0.331. The number of carbonyl (C=O) groups is 1. The van der Waals surface area contributed by atoms with Crippen LogP contribution in [0.3, 0.4) is 0 Å². The largest absolute Gasteiger partial charge is 0.376 e. The maximum Gasteiger partial charge on any atom is 0.259 e. The summed E-state index contributed by atoms with van der Waals surface area (Å²) in [6.07, 6.45) is 3.57. The highest BCUT2D eigenvalue weighted by molar-refractivity contribution is 6.35. The van der Waals surface area contributed by atoms with Crippen LogP contribution in [0.25, 0.3) is 10.9 Å². The van der Waals surface area contributed by atoms with Gasteiger partial charge in [-0.25, -0.2) is 9.82 Å². The normalized spacial score (nSPS) is 11.2. The maximum absolute atomic E-state index is 12.9. The molecular weight excluding hydrogens is 450 g/mol. The molecule has 1 amide bonds. The predicted octanol–water partition coefficient (Wildman–Crippen LogP) is 5.70. The molecule has 1 aromatic heterocycles. The Kier molecular flexibility index (Phi) is 6.73. The number of amides is 1. The summed E-state index contributed by atoms with van der Waals surface area (Å²) in [4.78, 5) is 12.1. The van der Waals surface area contributed by atoms with E-state index in [1.54, 1.807) is 24.4 Å². The highest BCUT2D eigenvalue weighted by Gasteiger charge is 2.09. The van der Waals surface area contributed by atoms with E-state index in [2.05, 4.69) is 20.4 Å². The number of hydrogen-bond donors (Lipinski definition) is 2. The van der Waals surface area contributed by atoms with Crippen molar-refractivity contribution in [2.45, 2.75) is 6.54 Å². The summed E-state index contributed by atoms with van der Waals surface area (Å²) >= 11 is 12.3. The number of hydrazone groups is 1. The number of benzene rings is 3. The molecule has 0 spiro atoms. The third-order valence-corrected chi connectivity index (χ3v) is 5.45. The van der Waals surface area contributed by atoms with Crippen LogP contribution >= 0.6 is 23.2 Å². The zero-order valence-corrected chi connectivity index (χ0v) is 18.4. The molecule has 0 aliphatic rings. The van der Waals surface area contributed by atoms with Gasteiger partial charge in [0.15, 0.2) is 0 Å². The molecule has 0 atom stereocenters. The first-order valence-electron chi connectivity index (χ1n) is 9.83. The van der Waals surface area contributed by atoms with E-state index >= 15 is 0 Å². The van der Waals surface area contributed by atoms with Gasteiger partial charge in [0.05, 0.1) is 12.8 Å². The van der Waals surface area contributed by atoms with E-state index in [9.17, 15) is 9.18 Å². The van der Waals surface area contributed by atoms with Crippen molar-refractivity contribution in [3.05, 3.63) is 99.9 Å². The highest BCUT2D eigenvalue weighted by atomic mass is 35.5. The second-order valence-corrected chi connectivity index (χ2v) is 7.96. The molecule has 0 aliphatic carbocycles. The molecule has 162 valence electrons. The number of halogens is 3. The second kappa shape index (κ2) is 9.85. The molecular formula is C24H19Cl2FN4O. The molecule has 3 aromatic carbocycles. The van der Waals surface area contributed by atoms with Crippen LogP contribution in [0.4, 0.5) is 10.1 Å². The van der Waals surface area contributed by atoms with Crippen LogP contribution < -0.4 is 10.7 Å². The number of anilines is 1. The van der Waals surface area contributed by atoms with Gasteiger partial charge in [0.2, 0.25) is 0 Å². The number of carbonyl (C=O) groups excluding carboxylic acids is 1. The molecule has 1 heterocycles. The number of para-hydroxylation sites is 1. The Morgan fingerprint density at radius 1 is 1.06 bits per heavy atom. The van der Waals surface area contributed by atoms with Crippen molar-refractivity contribution in [1.82, 2.24) is 9.99 Å². The Hall–Kier alpha value is -3.35. The monoisotopic (exact) mass is 468 g/mol. The molecule has 4 aromatic rings. The number of hydrogen-bond acceptors (Lipinski definition) is 3. The van der Waals surface area contributed by atoms with Crippen LogP contribution in [-0.4, -0.2) is 23.2 Å². The molecule has 0 saturated carbocycles. The van der Waals surface area contributed by atoms with Crippen molar-refractivity contribution in [1.29, 1.82) is 0 Å². The fourth-order valence-corrected chi connectivity index (χ4v) is 3.77. The first-order valence-corrected chi connectivity index (χ1v) is 10.6. The smallest absolute Gasteiger partial charge is 0.259 e. The van der Waals surface area contributed by atoms with Gasteiger partial charge >= 0.3 is 0 Å². The Balaban J connectivity index is 1.45. The fraction of sp³-hybridized carbons (Fsp3) is 0.0833. The van der Waals surface area contributed by atoms with Crippen molar-refractivity contribution in [3.63, 3.8) is 0 Å². The summed E-state index contributed by atoms with van der Waals surface area (Å²) in [5, 5.41) is 9.19. The van der Waals surface area contributed by atoms with Gasteiger partial charge in [-0.1, -0.05) is 47.5 Å². The van der Waals surface area contributed by atoms with Crippen LogP contribution in [0.5, 0.6) is 0 Å². The van der Waals surface area contributed by atoms with Gasteiger partial charge < -0.3 is 9.88 Å². The van der Waals surface area contributed by atoms with Crippen molar-refractivity contribution in [2.24, 2.45) is 5.10 Å². The van der Waals surface area contributed by atoms with E-state index in [-0.39, 0.29) is 18.3 Å². The van der Waals surface area contributed by atoms with Gasteiger partial charge in [-0.05, 0) is 48.0 Å². The molecule has 0 bridgehead atoms. The molecule has 0 unspecified atom stereocenters. The predicted molar refractivity (Wildman–Crippen MR) is 128 cm³/mol. The third-order valence-electron chi connectivity index (χ3n) is 4.87. The minimum Gasteiger partial charge on any atom is -0.376 e. The fourth-order valence-electron chi connectivity index (χ4n) is 3.31. The molecule has 0 aliphatic heterocycles. The van der Waals surface area contributed by atoms with Crippen molar-refractivity contribution < 1.29 is 9.18 Å². The van der Waals surface area contributed by atoms with E-state index in [1.807, 2.05) is 42.6 Å². The van der Waals surface area contributed by atoms with Crippen molar-refractivity contribution in [2.75, 3.05) is 11.9 Å². The lowest BCUT2D eigenvalue weighted by Gasteiger charge is -2.08. The molecule has 32 heavy (non-hydrogen) atoms. The van der Waals surface area contributed by atoms with E-state index in [0.29, 0.717) is 22.3 Å². The summed E-state index contributed by atoms with van der Waals surface area (Å²) in [6.45, 7) is 0.581. The second-order valence-electron chi connectivity index (χ2n) is 7.12. The number of nitrogens with zero attached hydrogens (tertiary/aromatic N) is 2. The summed E-state index contributed by atoms with van der Waals surface area (Å²) in [6, 6.07) is 19.1. The Morgan fingerprint density at radius 3 is 2.62 bits per heavy atom. The van der Waals surface area contributed by atoms with Gasteiger partial charge in [0.25, 0.3) is 5.91 Å². The van der Waals surface area contributed by atoms with Crippen LogP contribution in [0.2, 0.25) is 10.0 Å². The Morgan fingerprint density at radius 2 is 1.84 bits per heavy atom. The van der Waals surface area contributed by atoms with E-state index in [1.165, 1.54) is 12.1 Å². The van der Waals surface area contributed by atoms with Gasteiger partial charge in [-0.2, -0.15) is 5.10 Å². The zero-order chi connectivity index (χ0) is 22.5. The Labute approximate surface area is 194 Å². The minimum absolute atomic E-state index is 0.0137. The van der Waals surface area contributed by atoms with Crippen LogP contribution in [0.1, 0.15) is 11.1 Å². The standard InChI is InChI=1S/C24H19Cl2FN4O/c25-18-6-5-16(22(26)11-18)14-31-15-17(21-3-1-2-4-23(21)31)12-29-30-24(32)13-28-20-9-7-19(27)8-10-20/h1-12,15,28H,13-14H2,(H,30,32)/b29-12-. The highest BCUT2D eigenvalue weighted by Crippen LogP contribution is 2.25. The molecule has 4 rings (SSSR count). The molecule has 0 radical (unpaired) electrons. The Bertz CT molecular complexity index is 1290. The average Bonchev–Trinajstić information content (AvgIpc) is 3.13. The van der Waals surface area contributed by atoms with Crippen molar-refractivity contribution in [3.8, 4) is 0 Å².